The highest BCUT2D eigenvalue weighted by molar-refractivity contribution is 7.91. The van der Waals surface area contributed by atoms with E-state index >= 15 is 0 Å². The van der Waals surface area contributed by atoms with E-state index in [0.29, 0.717) is 11.4 Å². The van der Waals surface area contributed by atoms with Gasteiger partial charge in [-0.25, -0.2) is 18.0 Å². The minimum absolute atomic E-state index is 0.0421. The van der Waals surface area contributed by atoms with Gasteiger partial charge in [-0.05, 0) is 32.4 Å². The van der Waals surface area contributed by atoms with Gasteiger partial charge in [0.25, 0.3) is 0 Å². The number of hydrogen-bond acceptors (Lipinski definition) is 9. The van der Waals surface area contributed by atoms with Gasteiger partial charge < -0.3 is 19.5 Å². The SMILES string of the molecule is COC(=O)C1=C(C)NC(C)=C(C(=O)OC)C1C(=O)OCCCS(=O)(=O)c1ccccc1. The maximum atomic E-state index is 12.9. The van der Waals surface area contributed by atoms with Gasteiger partial charge in [-0.3, -0.25) is 4.79 Å². The van der Waals surface area contributed by atoms with Crippen molar-refractivity contribution in [2.24, 2.45) is 5.92 Å². The van der Waals surface area contributed by atoms with Gasteiger partial charge in [0.05, 0.1) is 42.6 Å². The molecule has 1 aliphatic heterocycles. The predicted molar refractivity (Wildman–Crippen MR) is 110 cm³/mol. The number of hydrogen-bond donors (Lipinski definition) is 1. The number of sulfone groups is 1. The van der Waals surface area contributed by atoms with Crippen molar-refractivity contribution in [1.29, 1.82) is 0 Å². The van der Waals surface area contributed by atoms with Crippen molar-refractivity contribution in [2.45, 2.75) is 25.2 Å². The molecule has 0 bridgehead atoms. The predicted octanol–water partition coefficient (Wildman–Crippen LogP) is 1.51. The van der Waals surface area contributed by atoms with Crippen LogP contribution in [0.3, 0.4) is 0 Å². The zero-order valence-electron chi connectivity index (χ0n) is 17.8. The molecule has 0 spiro atoms. The van der Waals surface area contributed by atoms with Gasteiger partial charge in [0.15, 0.2) is 9.84 Å². The van der Waals surface area contributed by atoms with Crippen LogP contribution in [0.4, 0.5) is 0 Å². The number of methoxy groups -OCH3 is 2. The van der Waals surface area contributed by atoms with Crippen molar-refractivity contribution < 1.29 is 37.0 Å². The Kier molecular flexibility index (Phi) is 7.98. The number of nitrogens with one attached hydrogen (secondary N) is 1. The van der Waals surface area contributed by atoms with Crippen LogP contribution in [-0.2, 0) is 38.4 Å². The molecule has 1 aromatic carbocycles. The quantitative estimate of drug-likeness (QED) is 0.356. The van der Waals surface area contributed by atoms with E-state index in [1.54, 1.807) is 32.0 Å². The van der Waals surface area contributed by atoms with E-state index in [0.717, 1.165) is 14.2 Å². The van der Waals surface area contributed by atoms with Crippen LogP contribution < -0.4 is 5.32 Å². The molecule has 0 saturated heterocycles. The number of rotatable bonds is 8. The van der Waals surface area contributed by atoms with E-state index in [1.807, 2.05) is 0 Å². The van der Waals surface area contributed by atoms with Crippen LogP contribution >= 0.6 is 0 Å². The second-order valence-corrected chi connectivity index (χ2v) is 8.88. The zero-order chi connectivity index (χ0) is 23.2. The average molecular weight is 451 g/mol. The van der Waals surface area contributed by atoms with Crippen LogP contribution in [-0.4, -0.2) is 52.9 Å². The van der Waals surface area contributed by atoms with E-state index in [4.69, 9.17) is 14.2 Å². The van der Waals surface area contributed by atoms with Gasteiger partial charge >= 0.3 is 17.9 Å². The average Bonchev–Trinajstić information content (AvgIpc) is 2.75. The molecule has 0 radical (unpaired) electrons. The van der Waals surface area contributed by atoms with Crippen molar-refractivity contribution in [3.8, 4) is 0 Å². The van der Waals surface area contributed by atoms with Crippen LogP contribution in [0.15, 0.2) is 57.8 Å². The van der Waals surface area contributed by atoms with Crippen LogP contribution in [0.1, 0.15) is 20.3 Å². The number of dihydropyridines is 1. The summed E-state index contributed by atoms with van der Waals surface area (Å²) in [5.74, 6) is -4.06. The van der Waals surface area contributed by atoms with Crippen LogP contribution in [0.25, 0.3) is 0 Å². The highest BCUT2D eigenvalue weighted by Gasteiger charge is 2.42. The molecule has 168 valence electrons. The third-order valence-electron chi connectivity index (χ3n) is 4.71. The Morgan fingerprint density at radius 3 is 1.94 bits per heavy atom. The largest absolute Gasteiger partial charge is 0.466 e. The Bertz CT molecular complexity index is 987. The lowest BCUT2D eigenvalue weighted by atomic mass is 9.85. The number of esters is 3. The lowest BCUT2D eigenvalue weighted by molar-refractivity contribution is -0.151. The molecule has 0 aliphatic carbocycles. The number of carbonyl (C=O) groups excluding carboxylic acids is 3. The minimum Gasteiger partial charge on any atom is -0.466 e. The van der Waals surface area contributed by atoms with Crippen molar-refractivity contribution in [2.75, 3.05) is 26.6 Å². The van der Waals surface area contributed by atoms with Crippen molar-refractivity contribution in [3.05, 3.63) is 52.9 Å². The summed E-state index contributed by atoms with van der Waals surface area (Å²) >= 11 is 0. The summed E-state index contributed by atoms with van der Waals surface area (Å²) in [5.41, 5.74) is 0.530. The Hall–Kier alpha value is -3.14. The molecule has 9 nitrogen and oxygen atoms in total. The number of allylic oxidation sites excluding steroid dienone is 2. The van der Waals surface area contributed by atoms with E-state index in [9.17, 15) is 22.8 Å². The molecule has 2 rings (SSSR count). The smallest absolute Gasteiger partial charge is 0.336 e. The summed E-state index contributed by atoms with van der Waals surface area (Å²) in [6, 6.07) is 7.93. The summed E-state index contributed by atoms with van der Waals surface area (Å²) in [6.45, 7) is 2.92. The summed E-state index contributed by atoms with van der Waals surface area (Å²) in [4.78, 5) is 37.6. The zero-order valence-corrected chi connectivity index (χ0v) is 18.6. The molecule has 0 saturated carbocycles. The van der Waals surface area contributed by atoms with Crippen LogP contribution in [0, 0.1) is 5.92 Å². The van der Waals surface area contributed by atoms with E-state index in [2.05, 4.69) is 5.32 Å². The number of carbonyl (C=O) groups is 3. The fraction of sp³-hybridized carbons (Fsp3) is 0.381. The first-order valence-electron chi connectivity index (χ1n) is 9.43. The maximum absolute atomic E-state index is 12.9. The Balaban J connectivity index is 2.16. The molecule has 1 heterocycles. The first kappa shape index (κ1) is 24.1. The summed E-state index contributed by atoms with van der Waals surface area (Å²) in [5, 5.41) is 2.87. The molecule has 0 unspecified atom stereocenters. The maximum Gasteiger partial charge on any atom is 0.336 e. The molecule has 0 amide bonds. The summed E-state index contributed by atoms with van der Waals surface area (Å²) in [7, 11) is -1.21. The molecule has 1 N–H and O–H groups in total. The Morgan fingerprint density at radius 2 is 1.45 bits per heavy atom. The fourth-order valence-corrected chi connectivity index (χ4v) is 4.55. The van der Waals surface area contributed by atoms with Gasteiger partial charge in [-0.2, -0.15) is 0 Å². The minimum atomic E-state index is -3.53. The molecule has 10 heteroatoms. The lowest BCUT2D eigenvalue weighted by Gasteiger charge is -2.28. The van der Waals surface area contributed by atoms with Gasteiger partial charge in [0, 0.05) is 11.4 Å². The monoisotopic (exact) mass is 451 g/mol. The van der Waals surface area contributed by atoms with Crippen LogP contribution in [0.5, 0.6) is 0 Å². The molecule has 31 heavy (non-hydrogen) atoms. The van der Waals surface area contributed by atoms with Gasteiger partial charge in [0.1, 0.15) is 5.92 Å². The van der Waals surface area contributed by atoms with Crippen molar-refractivity contribution in [3.63, 3.8) is 0 Å². The molecule has 1 aromatic rings. The molecular weight excluding hydrogens is 426 g/mol. The molecule has 0 aromatic heterocycles. The van der Waals surface area contributed by atoms with Gasteiger partial charge in [0.2, 0.25) is 0 Å². The standard InChI is InChI=1S/C21H25NO8S/c1-13-16(19(23)28-3)18(17(14(2)22-13)20(24)29-4)21(25)30-11-8-12-31(26,27)15-9-6-5-7-10-15/h5-7,9-10,18,22H,8,11-12H2,1-4H3. The van der Waals surface area contributed by atoms with Crippen molar-refractivity contribution >= 4 is 27.7 Å². The van der Waals surface area contributed by atoms with E-state index in [1.165, 1.54) is 12.1 Å². The lowest BCUT2D eigenvalue weighted by Crippen LogP contribution is -2.38. The first-order chi connectivity index (χ1) is 14.6. The second kappa shape index (κ2) is 10.3. The second-order valence-electron chi connectivity index (χ2n) is 6.77. The van der Waals surface area contributed by atoms with Gasteiger partial charge in [-0.15, -0.1) is 0 Å². The van der Waals surface area contributed by atoms with Crippen LogP contribution in [0.2, 0.25) is 0 Å². The molecular formula is C21H25NO8S. The summed E-state index contributed by atoms with van der Waals surface area (Å²) in [6.07, 6.45) is 0.0421. The molecule has 0 atom stereocenters. The Labute approximate surface area is 181 Å². The van der Waals surface area contributed by atoms with E-state index < -0.39 is 33.7 Å². The highest BCUT2D eigenvalue weighted by Crippen LogP contribution is 2.32. The van der Waals surface area contributed by atoms with E-state index in [-0.39, 0.29) is 34.8 Å². The highest BCUT2D eigenvalue weighted by atomic mass is 32.2. The number of benzene rings is 1. The topological polar surface area (TPSA) is 125 Å². The third kappa shape index (κ3) is 5.52. The summed E-state index contributed by atoms with van der Waals surface area (Å²) < 4.78 is 39.4. The number of ether oxygens (including phenoxy) is 3. The Morgan fingerprint density at radius 1 is 0.935 bits per heavy atom. The fourth-order valence-electron chi connectivity index (χ4n) is 3.24. The third-order valence-corrected chi connectivity index (χ3v) is 6.53. The molecule has 0 fully saturated rings. The normalized spacial score (nSPS) is 14.7. The molecule has 1 aliphatic rings. The van der Waals surface area contributed by atoms with Crippen molar-refractivity contribution in [1.82, 2.24) is 5.32 Å². The van der Waals surface area contributed by atoms with Gasteiger partial charge in [-0.1, -0.05) is 18.2 Å². The first-order valence-corrected chi connectivity index (χ1v) is 11.1.